The topological polar surface area (TPSA) is 63.5 Å². The molecule has 1 amide bonds. The molecular formula is C18H25ClN2O3. The van der Waals surface area contributed by atoms with Crippen LogP contribution < -0.4 is 15.4 Å². The van der Waals surface area contributed by atoms with Crippen LogP contribution in [-0.2, 0) is 4.79 Å². The van der Waals surface area contributed by atoms with Crippen molar-refractivity contribution in [1.29, 1.82) is 0 Å². The van der Waals surface area contributed by atoms with E-state index >= 15 is 0 Å². The van der Waals surface area contributed by atoms with E-state index in [9.17, 15) is 4.79 Å². The molecule has 2 heterocycles. The molecule has 2 N–H and O–H groups in total. The monoisotopic (exact) mass is 352 g/mol. The Kier molecular flexibility index (Phi) is 6.52. The summed E-state index contributed by atoms with van der Waals surface area (Å²) in [4.78, 5) is 12.1. The van der Waals surface area contributed by atoms with Crippen LogP contribution in [0, 0.1) is 0 Å². The van der Waals surface area contributed by atoms with Gasteiger partial charge < -0.3 is 19.8 Å². The van der Waals surface area contributed by atoms with E-state index in [2.05, 4.69) is 10.6 Å². The standard InChI is InChI=1S/C18H24N2O3.ClH/c1-3-22-15-8-4-6-13-10-16(23-18(13)15)12(2)20-17(21)11-14-7-5-9-19-14;/h4,6,8,10,12,14,19H,3,5,7,9,11H2,1-2H3,(H,20,21);1H. The molecule has 2 unspecified atom stereocenters. The third-order valence-corrected chi connectivity index (χ3v) is 4.23. The summed E-state index contributed by atoms with van der Waals surface area (Å²) in [6.07, 6.45) is 2.75. The Balaban J connectivity index is 0.00000208. The summed E-state index contributed by atoms with van der Waals surface area (Å²) in [5, 5.41) is 7.35. The third-order valence-electron chi connectivity index (χ3n) is 4.23. The van der Waals surface area contributed by atoms with Crippen molar-refractivity contribution in [1.82, 2.24) is 10.6 Å². The second kappa shape index (κ2) is 8.40. The molecule has 2 aromatic rings. The Morgan fingerprint density at radius 3 is 3.04 bits per heavy atom. The fourth-order valence-electron chi connectivity index (χ4n) is 3.07. The van der Waals surface area contributed by atoms with Crippen molar-refractivity contribution in [2.45, 2.75) is 45.2 Å². The van der Waals surface area contributed by atoms with E-state index in [0.717, 1.165) is 41.9 Å². The van der Waals surface area contributed by atoms with Gasteiger partial charge in [0.2, 0.25) is 5.91 Å². The van der Waals surface area contributed by atoms with E-state index in [4.69, 9.17) is 9.15 Å². The molecule has 0 bridgehead atoms. The van der Waals surface area contributed by atoms with E-state index in [-0.39, 0.29) is 24.4 Å². The number of halogens is 1. The van der Waals surface area contributed by atoms with Crippen molar-refractivity contribution in [2.24, 2.45) is 0 Å². The van der Waals surface area contributed by atoms with Crippen molar-refractivity contribution < 1.29 is 13.9 Å². The molecule has 0 radical (unpaired) electrons. The first-order chi connectivity index (χ1) is 11.2. The average Bonchev–Trinajstić information content (AvgIpc) is 3.16. The van der Waals surface area contributed by atoms with Crippen molar-refractivity contribution in [3.8, 4) is 5.75 Å². The number of carbonyl (C=O) groups is 1. The maximum atomic E-state index is 12.1. The Hall–Kier alpha value is -1.72. The summed E-state index contributed by atoms with van der Waals surface area (Å²) >= 11 is 0. The summed E-state index contributed by atoms with van der Waals surface area (Å²) < 4.78 is 11.5. The van der Waals surface area contributed by atoms with E-state index in [1.165, 1.54) is 0 Å². The first-order valence-corrected chi connectivity index (χ1v) is 8.35. The number of hydrogen-bond acceptors (Lipinski definition) is 4. The lowest BCUT2D eigenvalue weighted by Crippen LogP contribution is -2.33. The van der Waals surface area contributed by atoms with Gasteiger partial charge in [-0.2, -0.15) is 0 Å². The minimum absolute atomic E-state index is 0. The van der Waals surface area contributed by atoms with Gasteiger partial charge >= 0.3 is 0 Å². The van der Waals surface area contributed by atoms with Crippen LogP contribution in [0.5, 0.6) is 5.75 Å². The zero-order valence-electron chi connectivity index (χ0n) is 14.1. The van der Waals surface area contributed by atoms with Gasteiger partial charge in [0, 0.05) is 17.8 Å². The molecular weight excluding hydrogens is 328 g/mol. The highest BCUT2D eigenvalue weighted by Crippen LogP contribution is 2.31. The highest BCUT2D eigenvalue weighted by atomic mass is 35.5. The number of carbonyl (C=O) groups excluding carboxylic acids is 1. The zero-order valence-corrected chi connectivity index (χ0v) is 14.9. The van der Waals surface area contributed by atoms with Gasteiger partial charge in [0.05, 0.1) is 12.6 Å². The molecule has 1 saturated heterocycles. The minimum atomic E-state index is -0.161. The van der Waals surface area contributed by atoms with Gasteiger partial charge in [-0.15, -0.1) is 12.4 Å². The van der Waals surface area contributed by atoms with Crippen LogP contribution in [0.3, 0.4) is 0 Å². The molecule has 6 heteroatoms. The average molecular weight is 353 g/mol. The third kappa shape index (κ3) is 4.22. The lowest BCUT2D eigenvalue weighted by atomic mass is 10.1. The molecule has 0 aliphatic carbocycles. The SMILES string of the molecule is CCOc1cccc2cc(C(C)NC(=O)CC3CCCN3)oc12.Cl. The maximum Gasteiger partial charge on any atom is 0.222 e. The molecule has 1 aliphatic heterocycles. The quantitative estimate of drug-likeness (QED) is 0.834. The lowest BCUT2D eigenvalue weighted by molar-refractivity contribution is -0.122. The molecule has 0 saturated carbocycles. The van der Waals surface area contributed by atoms with E-state index < -0.39 is 0 Å². The Morgan fingerprint density at radius 1 is 1.50 bits per heavy atom. The van der Waals surface area contributed by atoms with E-state index in [0.29, 0.717) is 19.1 Å². The number of ether oxygens (including phenoxy) is 1. The van der Waals surface area contributed by atoms with E-state index in [1.54, 1.807) is 0 Å². The first-order valence-electron chi connectivity index (χ1n) is 8.35. The number of furan rings is 1. The molecule has 0 spiro atoms. The molecule has 1 fully saturated rings. The van der Waals surface area contributed by atoms with Crippen LogP contribution >= 0.6 is 12.4 Å². The van der Waals surface area contributed by atoms with Crippen LogP contribution in [0.4, 0.5) is 0 Å². The lowest BCUT2D eigenvalue weighted by Gasteiger charge is -2.14. The Bertz CT molecular complexity index is 680. The molecule has 1 aromatic heterocycles. The van der Waals surface area contributed by atoms with Gasteiger partial charge in [0.1, 0.15) is 5.76 Å². The second-order valence-corrected chi connectivity index (χ2v) is 6.04. The van der Waals surface area contributed by atoms with Crippen LogP contribution in [0.25, 0.3) is 11.0 Å². The number of para-hydroxylation sites is 1. The fourth-order valence-corrected chi connectivity index (χ4v) is 3.07. The number of hydrogen-bond donors (Lipinski definition) is 2. The summed E-state index contributed by atoms with van der Waals surface area (Å²) in [7, 11) is 0. The second-order valence-electron chi connectivity index (χ2n) is 6.04. The van der Waals surface area contributed by atoms with Crippen LogP contribution in [0.1, 0.15) is 44.9 Å². The summed E-state index contributed by atoms with van der Waals surface area (Å²) in [5.74, 6) is 1.55. The summed E-state index contributed by atoms with van der Waals surface area (Å²) in [6.45, 7) is 5.49. The predicted octanol–water partition coefficient (Wildman–Crippen LogP) is 3.57. The highest BCUT2D eigenvalue weighted by molar-refractivity contribution is 5.85. The van der Waals surface area contributed by atoms with E-state index in [1.807, 2.05) is 38.1 Å². The smallest absolute Gasteiger partial charge is 0.222 e. The van der Waals surface area contributed by atoms with Crippen LogP contribution in [0.15, 0.2) is 28.7 Å². The summed E-state index contributed by atoms with van der Waals surface area (Å²) in [5.41, 5.74) is 0.739. The molecule has 1 aromatic carbocycles. The molecule has 24 heavy (non-hydrogen) atoms. The predicted molar refractivity (Wildman–Crippen MR) is 96.8 cm³/mol. The zero-order chi connectivity index (χ0) is 16.2. The van der Waals surface area contributed by atoms with Crippen LogP contribution in [0.2, 0.25) is 0 Å². The molecule has 3 rings (SSSR count). The Morgan fingerprint density at radius 2 is 2.33 bits per heavy atom. The number of rotatable bonds is 6. The van der Waals surface area contributed by atoms with Gasteiger partial charge in [-0.1, -0.05) is 12.1 Å². The molecule has 2 atom stereocenters. The normalized spacial score (nSPS) is 18.2. The van der Waals surface area contributed by atoms with Gasteiger partial charge in [-0.25, -0.2) is 0 Å². The van der Waals surface area contributed by atoms with Gasteiger partial charge in [-0.05, 0) is 45.4 Å². The van der Waals surface area contributed by atoms with Crippen LogP contribution in [-0.4, -0.2) is 25.1 Å². The van der Waals surface area contributed by atoms with Gasteiger partial charge in [-0.3, -0.25) is 4.79 Å². The van der Waals surface area contributed by atoms with Crippen molar-refractivity contribution in [3.63, 3.8) is 0 Å². The number of nitrogens with one attached hydrogen (secondary N) is 2. The first kappa shape index (κ1) is 18.6. The highest BCUT2D eigenvalue weighted by Gasteiger charge is 2.20. The van der Waals surface area contributed by atoms with Crippen molar-refractivity contribution in [2.75, 3.05) is 13.2 Å². The molecule has 1 aliphatic rings. The van der Waals surface area contributed by atoms with Crippen molar-refractivity contribution in [3.05, 3.63) is 30.0 Å². The Labute approximate surface area is 148 Å². The number of benzene rings is 1. The maximum absolute atomic E-state index is 12.1. The van der Waals surface area contributed by atoms with Gasteiger partial charge in [0.25, 0.3) is 0 Å². The number of amides is 1. The largest absolute Gasteiger partial charge is 0.490 e. The number of fused-ring (bicyclic) bond motifs is 1. The van der Waals surface area contributed by atoms with Gasteiger partial charge in [0.15, 0.2) is 11.3 Å². The molecule has 5 nitrogen and oxygen atoms in total. The van der Waals surface area contributed by atoms with Crippen molar-refractivity contribution >= 4 is 29.3 Å². The fraction of sp³-hybridized carbons (Fsp3) is 0.500. The minimum Gasteiger partial charge on any atom is -0.490 e. The molecule has 132 valence electrons. The summed E-state index contributed by atoms with van der Waals surface area (Å²) in [6, 6.07) is 7.95.